The van der Waals surface area contributed by atoms with Crippen LogP contribution >= 0.6 is 23.2 Å². The minimum atomic E-state index is -0.975. The lowest BCUT2D eigenvalue weighted by Gasteiger charge is -2.32. The molecule has 2 aromatic rings. The summed E-state index contributed by atoms with van der Waals surface area (Å²) in [5, 5.41) is 6.56. The van der Waals surface area contributed by atoms with E-state index in [1.54, 1.807) is 25.1 Å². The van der Waals surface area contributed by atoms with Gasteiger partial charge < -0.3 is 10.6 Å². The molecule has 8 heteroatoms. The number of carbonyl (C=O) groups excluding carboxylic acids is 3. The van der Waals surface area contributed by atoms with Crippen LogP contribution in [0.25, 0.3) is 0 Å². The van der Waals surface area contributed by atoms with E-state index in [1.165, 1.54) is 5.56 Å². The average Bonchev–Trinajstić information content (AvgIpc) is 2.91. The van der Waals surface area contributed by atoms with Crippen molar-refractivity contribution in [3.63, 3.8) is 0 Å². The number of hydrogen-bond acceptors (Lipinski definition) is 3. The van der Waals surface area contributed by atoms with Crippen LogP contribution in [-0.4, -0.2) is 34.8 Å². The molecule has 2 N–H and O–H groups in total. The van der Waals surface area contributed by atoms with Crippen LogP contribution in [0.3, 0.4) is 0 Å². The first kappa shape index (κ1) is 20.7. The molecule has 0 saturated carbocycles. The van der Waals surface area contributed by atoms with E-state index in [0.29, 0.717) is 34.9 Å². The molecule has 4 rings (SSSR count). The molecular weight excluding hydrogens is 425 g/mol. The summed E-state index contributed by atoms with van der Waals surface area (Å²) in [6, 6.07) is 12.0. The van der Waals surface area contributed by atoms with E-state index in [4.69, 9.17) is 23.2 Å². The van der Waals surface area contributed by atoms with Gasteiger partial charge >= 0.3 is 6.03 Å². The van der Waals surface area contributed by atoms with Crippen molar-refractivity contribution in [1.82, 2.24) is 15.5 Å². The summed E-state index contributed by atoms with van der Waals surface area (Å²) < 4.78 is 0. The van der Waals surface area contributed by atoms with E-state index in [2.05, 4.69) is 10.6 Å². The van der Waals surface area contributed by atoms with Gasteiger partial charge in [0, 0.05) is 16.5 Å². The van der Waals surface area contributed by atoms with Crippen molar-refractivity contribution in [3.8, 4) is 0 Å². The molecule has 1 aliphatic carbocycles. The Morgan fingerprint density at radius 2 is 1.93 bits per heavy atom. The van der Waals surface area contributed by atoms with Gasteiger partial charge in [0.2, 0.25) is 5.91 Å². The van der Waals surface area contributed by atoms with Crippen molar-refractivity contribution in [2.24, 2.45) is 0 Å². The van der Waals surface area contributed by atoms with Gasteiger partial charge in [0.1, 0.15) is 12.1 Å². The van der Waals surface area contributed by atoms with Gasteiger partial charge in [0.05, 0.1) is 6.04 Å². The largest absolute Gasteiger partial charge is 0.348 e. The zero-order valence-corrected chi connectivity index (χ0v) is 17.9. The lowest BCUT2D eigenvalue weighted by Crippen LogP contribution is -2.51. The fourth-order valence-corrected chi connectivity index (χ4v) is 4.78. The van der Waals surface area contributed by atoms with Gasteiger partial charge in [-0.3, -0.25) is 14.5 Å². The quantitative estimate of drug-likeness (QED) is 0.704. The fraction of sp³-hybridized carbons (Fsp3) is 0.318. The number of halogens is 2. The lowest BCUT2D eigenvalue weighted by molar-refractivity contribution is -0.135. The summed E-state index contributed by atoms with van der Waals surface area (Å²) in [6.07, 6.45) is 1.65. The van der Waals surface area contributed by atoms with E-state index in [9.17, 15) is 14.4 Å². The molecule has 2 aliphatic rings. The number of amides is 4. The summed E-state index contributed by atoms with van der Waals surface area (Å²) in [5.74, 6) is -0.792. The van der Waals surface area contributed by atoms with Crippen molar-refractivity contribution in [2.75, 3.05) is 6.54 Å². The Bertz CT molecular complexity index is 1040. The van der Waals surface area contributed by atoms with E-state index < -0.39 is 23.5 Å². The summed E-state index contributed by atoms with van der Waals surface area (Å²) >= 11 is 12.1. The van der Waals surface area contributed by atoms with Gasteiger partial charge in [-0.25, -0.2) is 4.79 Å². The lowest BCUT2D eigenvalue weighted by atomic mass is 9.78. The maximum absolute atomic E-state index is 13.1. The minimum Gasteiger partial charge on any atom is -0.348 e. The summed E-state index contributed by atoms with van der Waals surface area (Å²) in [6.45, 7) is 1.43. The molecule has 2 aromatic carbocycles. The van der Waals surface area contributed by atoms with Crippen LogP contribution in [0.2, 0.25) is 10.0 Å². The summed E-state index contributed by atoms with van der Waals surface area (Å²) in [4.78, 5) is 39.2. The monoisotopic (exact) mass is 445 g/mol. The van der Waals surface area contributed by atoms with Crippen molar-refractivity contribution in [1.29, 1.82) is 0 Å². The Morgan fingerprint density at radius 1 is 1.20 bits per heavy atom. The van der Waals surface area contributed by atoms with Crippen LogP contribution in [0.15, 0.2) is 42.5 Å². The molecule has 1 spiro atoms. The highest BCUT2D eigenvalue weighted by atomic mass is 35.5. The third-order valence-electron chi connectivity index (χ3n) is 5.79. The van der Waals surface area contributed by atoms with E-state index in [1.807, 2.05) is 24.3 Å². The fourth-order valence-electron chi connectivity index (χ4n) is 4.21. The van der Waals surface area contributed by atoms with Crippen molar-refractivity contribution in [2.45, 2.75) is 37.8 Å². The summed E-state index contributed by atoms with van der Waals surface area (Å²) in [7, 11) is 0. The zero-order valence-electron chi connectivity index (χ0n) is 16.4. The Morgan fingerprint density at radius 3 is 2.67 bits per heavy atom. The highest BCUT2D eigenvalue weighted by Gasteiger charge is 2.52. The van der Waals surface area contributed by atoms with Gasteiger partial charge in [-0.15, -0.1) is 0 Å². The van der Waals surface area contributed by atoms with Crippen LogP contribution in [0.1, 0.15) is 36.1 Å². The molecule has 0 bridgehead atoms. The second-order valence-electron chi connectivity index (χ2n) is 7.80. The Labute approximate surface area is 184 Å². The molecule has 2 atom stereocenters. The average molecular weight is 446 g/mol. The topological polar surface area (TPSA) is 78.5 Å². The third kappa shape index (κ3) is 3.77. The van der Waals surface area contributed by atoms with Crippen LogP contribution in [-0.2, 0) is 22.4 Å². The maximum Gasteiger partial charge on any atom is 0.325 e. The highest BCUT2D eigenvalue weighted by molar-refractivity contribution is 6.35. The number of imide groups is 1. The number of rotatable bonds is 4. The standard InChI is InChI=1S/C22H21Cl2N3O3/c1-13(17-7-6-16(23)10-18(17)24)25-19(28)12-27-20(29)22(26-21(27)30)9-8-14-4-2-3-5-15(14)11-22/h2-7,10,13H,8-9,11-12H2,1H3,(H,25,28)(H,26,30). The first-order valence-electron chi connectivity index (χ1n) is 9.74. The molecule has 1 aliphatic heterocycles. The van der Waals surface area contributed by atoms with Crippen LogP contribution in [0.4, 0.5) is 4.79 Å². The molecule has 6 nitrogen and oxygen atoms in total. The second kappa shape index (κ2) is 7.93. The number of benzene rings is 2. The molecule has 0 aromatic heterocycles. The molecule has 1 fully saturated rings. The molecule has 156 valence electrons. The predicted octanol–water partition coefficient (Wildman–Crippen LogP) is 3.65. The number of urea groups is 1. The number of hydrogen-bond donors (Lipinski definition) is 2. The first-order valence-corrected chi connectivity index (χ1v) is 10.5. The predicted molar refractivity (Wildman–Crippen MR) is 114 cm³/mol. The van der Waals surface area contributed by atoms with E-state index >= 15 is 0 Å². The van der Waals surface area contributed by atoms with Gasteiger partial charge in [-0.2, -0.15) is 0 Å². The molecule has 1 heterocycles. The van der Waals surface area contributed by atoms with Gasteiger partial charge in [-0.05, 0) is 48.6 Å². The number of aryl methyl sites for hydroxylation is 1. The first-order chi connectivity index (χ1) is 14.3. The molecule has 30 heavy (non-hydrogen) atoms. The van der Waals surface area contributed by atoms with Crippen LogP contribution in [0, 0.1) is 0 Å². The SMILES string of the molecule is CC(NC(=O)CN1C(=O)NC2(CCc3ccccc3C2)C1=O)c1ccc(Cl)cc1Cl. The van der Waals surface area contributed by atoms with Crippen molar-refractivity contribution in [3.05, 3.63) is 69.2 Å². The smallest absolute Gasteiger partial charge is 0.325 e. The van der Waals surface area contributed by atoms with Gasteiger partial charge in [0.15, 0.2) is 0 Å². The van der Waals surface area contributed by atoms with Crippen LogP contribution in [0.5, 0.6) is 0 Å². The van der Waals surface area contributed by atoms with Crippen LogP contribution < -0.4 is 10.6 Å². The molecular formula is C22H21Cl2N3O3. The minimum absolute atomic E-state index is 0.344. The van der Waals surface area contributed by atoms with E-state index in [0.717, 1.165) is 10.5 Å². The number of nitrogens with zero attached hydrogens (tertiary/aromatic N) is 1. The number of nitrogens with one attached hydrogen (secondary N) is 2. The Kier molecular flexibility index (Phi) is 5.47. The zero-order chi connectivity index (χ0) is 21.5. The third-order valence-corrected chi connectivity index (χ3v) is 6.35. The van der Waals surface area contributed by atoms with Gasteiger partial charge in [0.25, 0.3) is 5.91 Å². The van der Waals surface area contributed by atoms with Crippen molar-refractivity contribution < 1.29 is 14.4 Å². The normalized spacial score (nSPS) is 21.4. The molecule has 1 saturated heterocycles. The number of carbonyl (C=O) groups is 3. The molecule has 4 amide bonds. The van der Waals surface area contributed by atoms with Gasteiger partial charge in [-0.1, -0.05) is 53.5 Å². The Hall–Kier alpha value is -2.57. The second-order valence-corrected chi connectivity index (χ2v) is 8.65. The molecule has 2 unspecified atom stereocenters. The van der Waals surface area contributed by atoms with E-state index in [-0.39, 0.29) is 12.5 Å². The Balaban J connectivity index is 1.44. The summed E-state index contributed by atoms with van der Waals surface area (Å²) in [5.41, 5.74) is 1.97. The number of fused-ring (bicyclic) bond motifs is 1. The van der Waals surface area contributed by atoms with Crippen molar-refractivity contribution >= 4 is 41.0 Å². The highest BCUT2D eigenvalue weighted by Crippen LogP contribution is 2.33. The maximum atomic E-state index is 13.1. The molecule has 0 radical (unpaired) electrons.